The number of halogens is 1. The Hall–Kier alpha value is 0.247. The molecule has 0 spiro atoms. The van der Waals surface area contributed by atoms with Crippen molar-refractivity contribution in [1.82, 2.24) is 14.0 Å². The smallest absolute Gasteiger partial charge is 0.350 e. The Kier molecular flexibility index (Phi) is 4.78. The lowest BCUT2D eigenvalue weighted by atomic mass is 10.1. The van der Waals surface area contributed by atoms with Crippen molar-refractivity contribution in [2.75, 3.05) is 13.6 Å². The van der Waals surface area contributed by atoms with Gasteiger partial charge in [0, 0.05) is 23.5 Å². The van der Waals surface area contributed by atoms with Gasteiger partial charge in [-0.1, -0.05) is 28.2 Å². The lowest BCUT2D eigenvalue weighted by Gasteiger charge is -2.55. The van der Waals surface area contributed by atoms with Crippen molar-refractivity contribution in [3.63, 3.8) is 0 Å². The second-order valence-electron chi connectivity index (χ2n) is 8.51. The van der Waals surface area contributed by atoms with Crippen LogP contribution in [-0.4, -0.2) is 50.3 Å². The molecule has 5 heteroatoms. The average molecular weight is 421 g/mol. The van der Waals surface area contributed by atoms with Crippen LogP contribution in [0.2, 0.25) is 0 Å². The minimum Gasteiger partial charge on any atom is -0.372 e. The zero-order valence-corrected chi connectivity index (χ0v) is 17.9. The fourth-order valence-electron chi connectivity index (χ4n) is 3.71. The van der Waals surface area contributed by atoms with E-state index in [0.29, 0.717) is 5.67 Å². The van der Waals surface area contributed by atoms with Crippen molar-refractivity contribution in [2.45, 2.75) is 77.5 Å². The maximum absolute atomic E-state index is 2.86. The Morgan fingerprint density at radius 2 is 1.43 bits per heavy atom. The van der Waals surface area contributed by atoms with Gasteiger partial charge in [0.2, 0.25) is 0 Å². The molecule has 1 fully saturated rings. The van der Waals surface area contributed by atoms with E-state index in [2.05, 4.69) is 96.8 Å². The van der Waals surface area contributed by atoms with Crippen LogP contribution in [-0.2, 0) is 0 Å². The SMILES string of the molecule is CN1CCCC[C@H]1[Si]1(I)N(C(C)(C)C)C=CN1C(C)(C)C. The van der Waals surface area contributed by atoms with Crippen molar-refractivity contribution in [2.24, 2.45) is 0 Å². The van der Waals surface area contributed by atoms with Gasteiger partial charge in [0.15, 0.2) is 0 Å². The summed E-state index contributed by atoms with van der Waals surface area (Å²) in [7, 11) is 2.33. The molecule has 0 saturated carbocycles. The fraction of sp³-hybridized carbons (Fsp3) is 0.875. The Labute approximate surface area is 145 Å². The van der Waals surface area contributed by atoms with Crippen LogP contribution in [0.4, 0.5) is 0 Å². The zero-order valence-electron chi connectivity index (χ0n) is 14.8. The number of hydrogen-bond acceptors (Lipinski definition) is 3. The molecule has 1 saturated heterocycles. The quantitative estimate of drug-likeness (QED) is 0.359. The summed E-state index contributed by atoms with van der Waals surface area (Å²) in [6.45, 7) is 15.4. The summed E-state index contributed by atoms with van der Waals surface area (Å²) >= 11 is 2.86. The van der Waals surface area contributed by atoms with Crippen LogP contribution >= 0.6 is 21.8 Å². The molecule has 0 unspecified atom stereocenters. The number of hydrogen-bond donors (Lipinski definition) is 0. The summed E-state index contributed by atoms with van der Waals surface area (Å²) in [5.74, 6) is -1.83. The third-order valence-electron chi connectivity index (χ3n) is 4.68. The molecule has 2 rings (SSSR count). The first-order valence-corrected chi connectivity index (χ1v) is 13.2. The Balaban J connectivity index is 2.44. The summed E-state index contributed by atoms with van der Waals surface area (Å²) in [4.78, 5) is 2.63. The zero-order chi connectivity index (χ0) is 16.1. The number of rotatable bonds is 1. The van der Waals surface area contributed by atoms with Crippen LogP contribution in [0, 0.1) is 0 Å². The molecule has 0 radical (unpaired) electrons. The first-order valence-electron chi connectivity index (χ1n) is 8.15. The highest BCUT2D eigenvalue weighted by atomic mass is 127. The summed E-state index contributed by atoms with van der Waals surface area (Å²) in [6, 6.07) is 0. The molecule has 3 nitrogen and oxygen atoms in total. The van der Waals surface area contributed by atoms with Gasteiger partial charge in [0.05, 0.1) is 5.67 Å². The van der Waals surface area contributed by atoms with Crippen molar-refractivity contribution in [3.05, 3.63) is 12.4 Å². The molecule has 0 amide bonds. The van der Waals surface area contributed by atoms with Crippen LogP contribution in [0.15, 0.2) is 12.4 Å². The highest BCUT2D eigenvalue weighted by molar-refractivity contribution is 14.1. The lowest BCUT2D eigenvalue weighted by Crippen LogP contribution is -2.73. The standard InChI is InChI=1S/C16H32IN3Si/c1-15(2,3)19-12-13-20(16(4,5)6)21(19,17)14-10-8-9-11-18(14)7/h12-14H,8-11H2,1-7H3/t14-/m1/s1. The molecule has 0 N–H and O–H groups in total. The average Bonchev–Trinajstić information content (AvgIpc) is 2.67. The highest BCUT2D eigenvalue weighted by Gasteiger charge is 2.58. The van der Waals surface area contributed by atoms with E-state index in [4.69, 9.17) is 0 Å². The minimum atomic E-state index is -1.83. The molecule has 1 atom stereocenters. The molecule has 0 aromatic heterocycles. The van der Waals surface area contributed by atoms with E-state index in [1.165, 1.54) is 25.8 Å². The Bertz CT molecular complexity index is 387. The van der Waals surface area contributed by atoms with Gasteiger partial charge in [0.25, 0.3) is 0 Å². The van der Waals surface area contributed by atoms with Crippen LogP contribution in [0.1, 0.15) is 60.8 Å². The van der Waals surface area contributed by atoms with Gasteiger partial charge in [-0.15, -0.1) is 0 Å². The molecule has 2 aliphatic heterocycles. The van der Waals surface area contributed by atoms with Crippen molar-refractivity contribution in [3.8, 4) is 0 Å². The van der Waals surface area contributed by atoms with Crippen LogP contribution in [0.3, 0.4) is 0 Å². The van der Waals surface area contributed by atoms with Crippen LogP contribution in [0.25, 0.3) is 0 Å². The van der Waals surface area contributed by atoms with Gasteiger partial charge < -0.3 is 14.0 Å². The summed E-state index contributed by atoms with van der Waals surface area (Å²) in [5, 5.41) is 0. The lowest BCUT2D eigenvalue weighted by molar-refractivity contribution is 0.193. The van der Waals surface area contributed by atoms with Crippen molar-refractivity contribution >= 4 is 27.7 Å². The highest BCUT2D eigenvalue weighted by Crippen LogP contribution is 2.44. The van der Waals surface area contributed by atoms with Gasteiger partial charge >= 0.3 is 5.89 Å². The molecule has 122 valence electrons. The summed E-state index contributed by atoms with van der Waals surface area (Å²) in [5.41, 5.74) is 1.06. The largest absolute Gasteiger partial charge is 0.372 e. The first kappa shape index (κ1) is 17.6. The van der Waals surface area contributed by atoms with Gasteiger partial charge in [-0.25, -0.2) is 0 Å². The monoisotopic (exact) mass is 421 g/mol. The van der Waals surface area contributed by atoms with E-state index in [0.717, 1.165) is 0 Å². The predicted molar refractivity (Wildman–Crippen MR) is 102 cm³/mol. The molecular weight excluding hydrogens is 389 g/mol. The maximum Gasteiger partial charge on any atom is 0.350 e. The van der Waals surface area contributed by atoms with E-state index in [1.54, 1.807) is 0 Å². The number of likely N-dealkylation sites (tertiary alicyclic amines) is 1. The molecule has 0 aliphatic carbocycles. The van der Waals surface area contributed by atoms with Gasteiger partial charge in [-0.3, -0.25) is 0 Å². The van der Waals surface area contributed by atoms with Gasteiger partial charge in [0.1, 0.15) is 0 Å². The molecule has 21 heavy (non-hydrogen) atoms. The topological polar surface area (TPSA) is 9.72 Å². The predicted octanol–water partition coefficient (Wildman–Crippen LogP) is 4.07. The molecule has 0 bridgehead atoms. The molecule has 0 aromatic carbocycles. The van der Waals surface area contributed by atoms with Crippen LogP contribution in [0.5, 0.6) is 0 Å². The van der Waals surface area contributed by atoms with E-state index < -0.39 is 5.89 Å². The minimum absolute atomic E-state index is 0.183. The number of piperidine rings is 1. The molecule has 2 aliphatic rings. The van der Waals surface area contributed by atoms with Gasteiger partial charge in [-0.05, 0) is 68.0 Å². The van der Waals surface area contributed by atoms with E-state index in [9.17, 15) is 0 Å². The Morgan fingerprint density at radius 3 is 1.81 bits per heavy atom. The number of nitrogens with zero attached hydrogens (tertiary/aromatic N) is 3. The van der Waals surface area contributed by atoms with E-state index >= 15 is 0 Å². The van der Waals surface area contributed by atoms with Crippen LogP contribution < -0.4 is 0 Å². The first-order chi connectivity index (χ1) is 9.49. The third kappa shape index (κ3) is 3.15. The Morgan fingerprint density at radius 1 is 0.952 bits per heavy atom. The molecule has 2 heterocycles. The third-order valence-corrected chi connectivity index (χ3v) is 14.5. The second kappa shape index (κ2) is 5.71. The van der Waals surface area contributed by atoms with E-state index in [-0.39, 0.29) is 11.1 Å². The van der Waals surface area contributed by atoms with Crippen molar-refractivity contribution in [1.29, 1.82) is 0 Å². The molecule has 0 aromatic rings. The fourth-order valence-corrected chi connectivity index (χ4v) is 15.9. The van der Waals surface area contributed by atoms with Crippen molar-refractivity contribution < 1.29 is 0 Å². The second-order valence-corrected chi connectivity index (χ2v) is 16.2. The normalized spacial score (nSPS) is 27.5. The summed E-state index contributed by atoms with van der Waals surface area (Å²) in [6.07, 6.45) is 8.81. The van der Waals surface area contributed by atoms with E-state index in [1.807, 2.05) is 0 Å². The molecular formula is C16H32IN3Si. The maximum atomic E-state index is 2.86. The van der Waals surface area contributed by atoms with Gasteiger partial charge in [-0.2, -0.15) is 0 Å². The summed E-state index contributed by atoms with van der Waals surface area (Å²) < 4.78 is 5.41.